The number of carboxylic acid groups (broad SMARTS) is 1. The van der Waals surface area contributed by atoms with Gasteiger partial charge in [-0.15, -0.1) is 0 Å². The Hall–Kier alpha value is -2.79. The summed E-state index contributed by atoms with van der Waals surface area (Å²) < 4.78 is 13.9. The maximum atomic E-state index is 13.9. The Morgan fingerprint density at radius 2 is 2.04 bits per heavy atom. The van der Waals surface area contributed by atoms with Crippen LogP contribution in [0.3, 0.4) is 0 Å². The second-order valence-corrected chi connectivity index (χ2v) is 6.82. The normalized spacial score (nSPS) is 19.4. The number of hydrogen-bond donors (Lipinski definition) is 2. The minimum absolute atomic E-state index is 0.190. The third-order valence-corrected chi connectivity index (χ3v) is 5.12. The number of halogens is 1. The summed E-state index contributed by atoms with van der Waals surface area (Å²) in [6.07, 6.45) is 1.26. The molecule has 2 aromatic rings. The van der Waals surface area contributed by atoms with E-state index in [-0.39, 0.29) is 33.6 Å². The zero-order valence-electron chi connectivity index (χ0n) is 13.0. The number of hydrogen-bond acceptors (Lipinski definition) is 5. The first-order valence-electron chi connectivity index (χ1n) is 7.69. The van der Waals surface area contributed by atoms with Crippen molar-refractivity contribution in [3.63, 3.8) is 0 Å². The van der Waals surface area contributed by atoms with Crippen molar-refractivity contribution in [2.24, 2.45) is 11.8 Å². The molecule has 0 aliphatic heterocycles. The average molecular weight is 359 g/mol. The van der Waals surface area contributed by atoms with Crippen LogP contribution in [0.15, 0.2) is 24.3 Å². The van der Waals surface area contributed by atoms with Crippen LogP contribution in [-0.2, 0) is 9.59 Å². The van der Waals surface area contributed by atoms with E-state index in [1.165, 1.54) is 12.1 Å². The molecule has 1 aromatic heterocycles. The lowest BCUT2D eigenvalue weighted by atomic mass is 10.0. The quantitative estimate of drug-likeness (QED) is 0.872. The fourth-order valence-electron chi connectivity index (χ4n) is 2.94. The lowest BCUT2D eigenvalue weighted by Gasteiger charge is -2.08. The molecule has 0 radical (unpaired) electrons. The van der Waals surface area contributed by atoms with Crippen LogP contribution in [0.2, 0.25) is 0 Å². The van der Waals surface area contributed by atoms with E-state index in [2.05, 4.69) is 10.3 Å². The summed E-state index contributed by atoms with van der Waals surface area (Å²) in [7, 11) is 0. The average Bonchev–Trinajstić information content (AvgIpc) is 3.22. The molecule has 1 aliphatic carbocycles. The van der Waals surface area contributed by atoms with E-state index in [9.17, 15) is 19.2 Å². The number of carbonyl (C=O) groups excluding carboxylic acids is 1. The Morgan fingerprint density at radius 1 is 1.32 bits per heavy atom. The first kappa shape index (κ1) is 17.0. The molecule has 0 spiro atoms. The SMILES string of the molecule is N#Cc1sc(NC(=O)C2CCC(C(=O)O)C2)nc1-c1ccccc1F. The monoisotopic (exact) mass is 359 g/mol. The summed E-state index contributed by atoms with van der Waals surface area (Å²) in [4.78, 5) is 27.7. The van der Waals surface area contributed by atoms with Gasteiger partial charge in [-0.25, -0.2) is 9.37 Å². The molecule has 0 saturated heterocycles. The highest BCUT2D eigenvalue weighted by Gasteiger charge is 2.34. The van der Waals surface area contributed by atoms with Crippen molar-refractivity contribution < 1.29 is 19.1 Å². The zero-order chi connectivity index (χ0) is 18.0. The first-order valence-corrected chi connectivity index (χ1v) is 8.50. The highest BCUT2D eigenvalue weighted by Crippen LogP contribution is 2.34. The molecule has 1 fully saturated rings. The fraction of sp³-hybridized carbons (Fsp3) is 0.294. The van der Waals surface area contributed by atoms with Crippen LogP contribution in [0, 0.1) is 29.0 Å². The summed E-state index contributed by atoms with van der Waals surface area (Å²) in [5, 5.41) is 21.1. The second kappa shape index (κ2) is 6.99. The van der Waals surface area contributed by atoms with Gasteiger partial charge in [0.15, 0.2) is 5.13 Å². The first-order chi connectivity index (χ1) is 12.0. The number of benzene rings is 1. The molecular weight excluding hydrogens is 345 g/mol. The summed E-state index contributed by atoms with van der Waals surface area (Å²) in [5.74, 6) is -2.61. The Balaban J connectivity index is 1.79. The van der Waals surface area contributed by atoms with Gasteiger partial charge in [-0.2, -0.15) is 5.26 Å². The molecule has 1 saturated carbocycles. The van der Waals surface area contributed by atoms with Crippen LogP contribution in [0.4, 0.5) is 9.52 Å². The van der Waals surface area contributed by atoms with Gasteiger partial charge in [-0.1, -0.05) is 23.5 Å². The Morgan fingerprint density at radius 3 is 2.68 bits per heavy atom. The molecule has 8 heteroatoms. The molecule has 6 nitrogen and oxygen atoms in total. The van der Waals surface area contributed by atoms with E-state index in [0.29, 0.717) is 12.8 Å². The van der Waals surface area contributed by atoms with Gasteiger partial charge in [0.05, 0.1) is 5.92 Å². The Kier molecular flexibility index (Phi) is 4.76. The third-order valence-electron chi connectivity index (χ3n) is 4.24. The van der Waals surface area contributed by atoms with Gasteiger partial charge >= 0.3 is 5.97 Å². The summed E-state index contributed by atoms with van der Waals surface area (Å²) in [5.41, 5.74) is 0.387. The molecule has 0 bridgehead atoms. The zero-order valence-corrected chi connectivity index (χ0v) is 13.8. The van der Waals surface area contributed by atoms with Crippen LogP contribution < -0.4 is 5.32 Å². The topological polar surface area (TPSA) is 103 Å². The van der Waals surface area contributed by atoms with E-state index in [1.54, 1.807) is 12.1 Å². The molecule has 2 unspecified atom stereocenters. The van der Waals surface area contributed by atoms with Crippen molar-refractivity contribution in [2.75, 3.05) is 5.32 Å². The third kappa shape index (κ3) is 3.51. The predicted octanol–water partition coefficient (Wildman–Crippen LogP) is 3.26. The number of aromatic nitrogens is 1. The molecule has 128 valence electrons. The lowest BCUT2D eigenvalue weighted by Crippen LogP contribution is -2.21. The van der Waals surface area contributed by atoms with Crippen molar-refractivity contribution >= 4 is 28.3 Å². The van der Waals surface area contributed by atoms with Gasteiger partial charge in [-0.05, 0) is 31.4 Å². The largest absolute Gasteiger partial charge is 0.481 e. The fourth-order valence-corrected chi connectivity index (χ4v) is 3.72. The second-order valence-electron chi connectivity index (χ2n) is 5.82. The number of carbonyl (C=O) groups is 2. The van der Waals surface area contributed by atoms with E-state index in [1.807, 2.05) is 6.07 Å². The standard InChI is InChI=1S/C17H14FN3O3S/c18-12-4-2-1-3-11(12)14-13(8-19)25-17(20-14)21-15(22)9-5-6-10(7-9)16(23)24/h1-4,9-10H,5-7H2,(H,23,24)(H,20,21,22). The molecule has 2 N–H and O–H groups in total. The van der Waals surface area contributed by atoms with E-state index >= 15 is 0 Å². The van der Waals surface area contributed by atoms with Crippen molar-refractivity contribution in [2.45, 2.75) is 19.3 Å². The number of nitrogens with one attached hydrogen (secondary N) is 1. The highest BCUT2D eigenvalue weighted by atomic mass is 32.1. The molecule has 3 rings (SSSR count). The predicted molar refractivity (Wildman–Crippen MR) is 89.3 cm³/mol. The number of aliphatic carboxylic acids is 1. The van der Waals surface area contributed by atoms with Crippen molar-refractivity contribution in [1.82, 2.24) is 4.98 Å². The molecule has 1 heterocycles. The van der Waals surface area contributed by atoms with Crippen molar-refractivity contribution in [3.05, 3.63) is 35.0 Å². The minimum atomic E-state index is -0.891. The van der Waals surface area contributed by atoms with Gasteiger partial charge in [0.2, 0.25) is 5.91 Å². The number of amides is 1. The molecule has 1 aliphatic rings. The molecule has 2 atom stereocenters. The maximum Gasteiger partial charge on any atom is 0.306 e. The number of thiazole rings is 1. The van der Waals surface area contributed by atoms with Crippen molar-refractivity contribution in [3.8, 4) is 17.3 Å². The van der Waals surface area contributed by atoms with E-state index in [4.69, 9.17) is 5.11 Å². The van der Waals surface area contributed by atoms with Gasteiger partial charge in [-0.3, -0.25) is 9.59 Å². The summed E-state index contributed by atoms with van der Waals surface area (Å²) in [6.45, 7) is 0. The van der Waals surface area contributed by atoms with Crippen LogP contribution in [0.1, 0.15) is 24.1 Å². The highest BCUT2D eigenvalue weighted by molar-refractivity contribution is 7.16. The lowest BCUT2D eigenvalue weighted by molar-refractivity contribution is -0.141. The number of nitrogens with zero attached hydrogens (tertiary/aromatic N) is 2. The maximum absolute atomic E-state index is 13.9. The molecule has 25 heavy (non-hydrogen) atoms. The van der Waals surface area contributed by atoms with Gasteiger partial charge in [0.25, 0.3) is 0 Å². The van der Waals surface area contributed by atoms with Crippen LogP contribution in [0.5, 0.6) is 0 Å². The molecular formula is C17H14FN3O3S. The van der Waals surface area contributed by atoms with E-state index in [0.717, 1.165) is 11.3 Å². The number of nitriles is 1. The van der Waals surface area contributed by atoms with Gasteiger partial charge in [0, 0.05) is 11.5 Å². The van der Waals surface area contributed by atoms with Gasteiger partial charge in [0.1, 0.15) is 22.5 Å². The number of carboxylic acids is 1. The molecule has 1 aromatic carbocycles. The van der Waals surface area contributed by atoms with Gasteiger partial charge < -0.3 is 10.4 Å². The number of rotatable bonds is 4. The number of anilines is 1. The van der Waals surface area contributed by atoms with Crippen LogP contribution in [0.25, 0.3) is 11.3 Å². The van der Waals surface area contributed by atoms with E-state index < -0.39 is 23.6 Å². The molecule has 1 amide bonds. The minimum Gasteiger partial charge on any atom is -0.481 e. The van der Waals surface area contributed by atoms with Crippen LogP contribution in [-0.4, -0.2) is 22.0 Å². The summed E-state index contributed by atoms with van der Waals surface area (Å²) >= 11 is 0.970. The van der Waals surface area contributed by atoms with Crippen molar-refractivity contribution in [1.29, 1.82) is 5.26 Å². The smallest absolute Gasteiger partial charge is 0.306 e. The Bertz CT molecular complexity index is 874. The Labute approximate surface area is 146 Å². The van der Waals surface area contributed by atoms with Crippen LogP contribution >= 0.6 is 11.3 Å². The summed E-state index contributed by atoms with van der Waals surface area (Å²) in [6, 6.07) is 7.94.